The van der Waals surface area contributed by atoms with Gasteiger partial charge in [0.25, 0.3) is 0 Å². The number of carbonyl (C=O) groups excluding carboxylic acids is 2. The minimum atomic E-state index is -0.283. The Morgan fingerprint density at radius 3 is 1.34 bits per heavy atom. The molecule has 0 aliphatic rings. The van der Waals surface area contributed by atoms with E-state index in [-0.39, 0.29) is 22.8 Å². The molecule has 0 aliphatic heterocycles. The maximum Gasteiger partial charge on any atom is 0.303 e. The van der Waals surface area contributed by atoms with Crippen LogP contribution in [0.2, 0.25) is 0 Å². The van der Waals surface area contributed by atoms with Crippen LogP contribution in [-0.2, 0) is 31.9 Å². The maximum absolute atomic E-state index is 11.7. The van der Waals surface area contributed by atoms with Crippen LogP contribution < -0.4 is 0 Å². The summed E-state index contributed by atoms with van der Waals surface area (Å²) in [5, 5.41) is 0. The number of benzene rings is 2. The highest BCUT2D eigenvalue weighted by atomic mass is 32.2. The lowest BCUT2D eigenvalue weighted by Gasteiger charge is -2.23. The van der Waals surface area contributed by atoms with Crippen LogP contribution in [0.1, 0.15) is 89.2 Å². The first-order chi connectivity index (χ1) is 17.0. The summed E-state index contributed by atoms with van der Waals surface area (Å²) in [5.41, 5.74) is 2.21. The van der Waals surface area contributed by atoms with Gasteiger partial charge in [-0.15, -0.1) is 0 Å². The first-order valence-electron chi connectivity index (χ1n) is 13.1. The second-order valence-corrected chi connectivity index (χ2v) is 10.4. The first-order valence-corrected chi connectivity index (χ1v) is 14.0. The summed E-state index contributed by atoms with van der Waals surface area (Å²) < 4.78 is 11.1. The topological polar surface area (TPSA) is 52.6 Å². The molecule has 4 nitrogen and oxygen atoms in total. The predicted octanol–water partition coefficient (Wildman–Crippen LogP) is 7.88. The zero-order chi connectivity index (χ0) is 25.1. The van der Waals surface area contributed by atoms with Gasteiger partial charge in [0, 0.05) is 13.8 Å². The van der Waals surface area contributed by atoms with Crippen molar-refractivity contribution >= 4 is 23.7 Å². The molecule has 0 bridgehead atoms. The van der Waals surface area contributed by atoms with Crippen molar-refractivity contribution in [3.05, 3.63) is 71.8 Å². The minimum Gasteiger partial charge on any atom is -0.451 e. The summed E-state index contributed by atoms with van der Waals surface area (Å²) in [5.74, 6) is -0.567. The van der Waals surface area contributed by atoms with Crippen LogP contribution in [0.3, 0.4) is 0 Å². The molecular formula is C30H42O4S. The van der Waals surface area contributed by atoms with Crippen LogP contribution in [0.15, 0.2) is 60.7 Å². The fourth-order valence-corrected chi connectivity index (χ4v) is 5.45. The molecule has 0 aromatic heterocycles. The van der Waals surface area contributed by atoms with Crippen molar-refractivity contribution in [1.29, 1.82) is 0 Å². The van der Waals surface area contributed by atoms with E-state index in [9.17, 15) is 9.59 Å². The number of ether oxygens (including phenoxy) is 2. The highest BCUT2D eigenvalue weighted by Crippen LogP contribution is 2.29. The predicted molar refractivity (Wildman–Crippen MR) is 145 cm³/mol. The molecule has 5 heteroatoms. The molecule has 0 radical (unpaired) electrons. The summed E-state index contributed by atoms with van der Waals surface area (Å²) in [6, 6.07) is 21.1. The lowest BCUT2D eigenvalue weighted by atomic mass is 10.1. The lowest BCUT2D eigenvalue weighted by Crippen LogP contribution is -2.21. The molecule has 0 spiro atoms. The second-order valence-electron chi connectivity index (χ2n) is 9.09. The van der Waals surface area contributed by atoms with Crippen molar-refractivity contribution in [3.63, 3.8) is 0 Å². The number of thioether (sulfide) groups is 1. The zero-order valence-electron chi connectivity index (χ0n) is 21.5. The summed E-state index contributed by atoms with van der Waals surface area (Å²) in [4.78, 5) is 23.3. The Hall–Kier alpha value is -2.27. The third kappa shape index (κ3) is 14.7. The minimum absolute atomic E-state index is 0.274. The highest BCUT2D eigenvalue weighted by Gasteiger charge is 2.21. The molecule has 2 rings (SSSR count). The van der Waals surface area contributed by atoms with Crippen molar-refractivity contribution < 1.29 is 19.1 Å². The molecule has 192 valence electrons. The van der Waals surface area contributed by atoms with Crippen molar-refractivity contribution in [3.8, 4) is 0 Å². The van der Waals surface area contributed by atoms with Crippen molar-refractivity contribution in [2.24, 2.45) is 0 Å². The van der Waals surface area contributed by atoms with E-state index in [1.165, 1.54) is 36.7 Å². The third-order valence-corrected chi connectivity index (χ3v) is 7.17. The zero-order valence-corrected chi connectivity index (χ0v) is 22.3. The summed E-state index contributed by atoms with van der Waals surface area (Å²) >= 11 is 1.48. The van der Waals surface area contributed by atoms with E-state index in [0.717, 1.165) is 77.0 Å². The first kappa shape index (κ1) is 29.0. The SMILES string of the molecule is CC(=O)OC(CCCCCCc1ccccc1)SC(CCCCCCc1ccccc1)OC(C)=O. The maximum atomic E-state index is 11.7. The fourth-order valence-electron chi connectivity index (χ4n) is 4.13. The number of unbranched alkanes of at least 4 members (excludes halogenated alkanes) is 6. The van der Waals surface area contributed by atoms with Gasteiger partial charge < -0.3 is 9.47 Å². The standard InChI is InChI=1S/C30H42O4S/c1-25(31)33-29(23-15-5-3-9-17-27-19-11-7-12-20-27)35-30(34-26(2)32)24-16-6-4-10-18-28-21-13-8-14-22-28/h7-8,11-14,19-22,29-30H,3-6,9-10,15-18,23-24H2,1-2H3. The van der Waals surface area contributed by atoms with E-state index in [4.69, 9.17) is 9.47 Å². The number of esters is 2. The molecule has 0 fully saturated rings. The molecule has 0 N–H and O–H groups in total. The molecule has 0 heterocycles. The number of rotatable bonds is 18. The smallest absolute Gasteiger partial charge is 0.303 e. The molecule has 0 amide bonds. The van der Waals surface area contributed by atoms with Crippen molar-refractivity contribution in [2.75, 3.05) is 0 Å². The fraction of sp³-hybridized carbons (Fsp3) is 0.533. The van der Waals surface area contributed by atoms with Crippen LogP contribution in [0.5, 0.6) is 0 Å². The number of aryl methyl sites for hydroxylation is 2. The van der Waals surface area contributed by atoms with Gasteiger partial charge in [0.15, 0.2) is 10.9 Å². The molecule has 0 saturated carbocycles. The highest BCUT2D eigenvalue weighted by molar-refractivity contribution is 8.00. The van der Waals surface area contributed by atoms with Gasteiger partial charge in [-0.05, 0) is 62.5 Å². The van der Waals surface area contributed by atoms with E-state index in [1.807, 2.05) is 12.1 Å². The van der Waals surface area contributed by atoms with Crippen molar-refractivity contribution in [1.82, 2.24) is 0 Å². The second kappa shape index (κ2) is 18.1. The number of hydrogen-bond donors (Lipinski definition) is 0. The van der Waals surface area contributed by atoms with E-state index < -0.39 is 0 Å². The Kier molecular flexibility index (Phi) is 14.9. The van der Waals surface area contributed by atoms with Gasteiger partial charge in [-0.25, -0.2) is 0 Å². The lowest BCUT2D eigenvalue weighted by molar-refractivity contribution is -0.143. The number of carbonyl (C=O) groups is 2. The Bertz CT molecular complexity index is 755. The van der Waals surface area contributed by atoms with E-state index in [1.54, 1.807) is 0 Å². The van der Waals surface area contributed by atoms with Crippen LogP contribution >= 0.6 is 11.8 Å². The van der Waals surface area contributed by atoms with Crippen LogP contribution in [-0.4, -0.2) is 22.8 Å². The van der Waals surface area contributed by atoms with Gasteiger partial charge in [-0.1, -0.05) is 98.1 Å². The Labute approximate surface area is 216 Å². The average Bonchev–Trinajstić information content (AvgIpc) is 2.84. The van der Waals surface area contributed by atoms with Crippen LogP contribution in [0.4, 0.5) is 0 Å². The molecule has 2 atom stereocenters. The van der Waals surface area contributed by atoms with Crippen LogP contribution in [0, 0.1) is 0 Å². The molecule has 2 aromatic rings. The van der Waals surface area contributed by atoms with Gasteiger partial charge >= 0.3 is 11.9 Å². The average molecular weight is 499 g/mol. The van der Waals surface area contributed by atoms with Crippen LogP contribution in [0.25, 0.3) is 0 Å². The number of hydrogen-bond acceptors (Lipinski definition) is 5. The Balaban J connectivity index is 1.67. The van der Waals surface area contributed by atoms with Gasteiger partial charge in [-0.3, -0.25) is 9.59 Å². The molecule has 0 saturated heterocycles. The Morgan fingerprint density at radius 2 is 0.971 bits per heavy atom. The molecular weight excluding hydrogens is 456 g/mol. The summed E-state index contributed by atoms with van der Waals surface area (Å²) in [7, 11) is 0. The van der Waals surface area contributed by atoms with Gasteiger partial charge in [0.05, 0.1) is 0 Å². The summed E-state index contributed by atoms with van der Waals surface area (Å²) in [6.45, 7) is 2.89. The molecule has 35 heavy (non-hydrogen) atoms. The third-order valence-electron chi connectivity index (χ3n) is 5.89. The largest absolute Gasteiger partial charge is 0.451 e. The molecule has 2 aromatic carbocycles. The van der Waals surface area contributed by atoms with Crippen molar-refractivity contribution in [2.45, 2.75) is 102 Å². The molecule has 0 aliphatic carbocycles. The van der Waals surface area contributed by atoms with Gasteiger partial charge in [0.1, 0.15) is 0 Å². The quantitative estimate of drug-likeness (QED) is 0.119. The van der Waals surface area contributed by atoms with E-state index in [2.05, 4.69) is 48.5 Å². The molecule has 2 unspecified atom stereocenters. The van der Waals surface area contributed by atoms with E-state index >= 15 is 0 Å². The Morgan fingerprint density at radius 1 is 0.600 bits per heavy atom. The van der Waals surface area contributed by atoms with Gasteiger partial charge in [0.2, 0.25) is 0 Å². The van der Waals surface area contributed by atoms with E-state index in [0.29, 0.717) is 0 Å². The van der Waals surface area contributed by atoms with Gasteiger partial charge in [-0.2, -0.15) is 0 Å². The normalized spacial score (nSPS) is 12.6. The monoisotopic (exact) mass is 498 g/mol. The summed E-state index contributed by atoms with van der Waals surface area (Å²) in [6.07, 6.45) is 12.6.